The molecule has 120 valence electrons. The van der Waals surface area contributed by atoms with Gasteiger partial charge in [-0.05, 0) is 18.2 Å². The van der Waals surface area contributed by atoms with Crippen molar-refractivity contribution in [2.45, 2.75) is 6.54 Å². The van der Waals surface area contributed by atoms with Crippen LogP contribution in [-0.4, -0.2) is 22.7 Å². The first-order chi connectivity index (χ1) is 11.7. The Kier molecular flexibility index (Phi) is 4.52. The van der Waals surface area contributed by atoms with Gasteiger partial charge in [0.2, 0.25) is 0 Å². The first kappa shape index (κ1) is 15.7. The van der Waals surface area contributed by atoms with Gasteiger partial charge in [0.05, 0.1) is 12.8 Å². The van der Waals surface area contributed by atoms with Crippen molar-refractivity contribution in [1.29, 1.82) is 0 Å². The van der Waals surface area contributed by atoms with Crippen LogP contribution in [0.25, 0.3) is 11.3 Å². The summed E-state index contributed by atoms with van der Waals surface area (Å²) in [5.74, 6) is 0.396. The molecule has 0 fully saturated rings. The minimum Gasteiger partial charge on any atom is -0.497 e. The SMILES string of the molecule is COc1cccc(C(=O)Cn2nc(-c3ccccc3)ccc2=O)c1. The standard InChI is InChI=1S/C19H16N2O3/c1-24-16-9-5-8-15(12-16)18(22)13-21-19(23)11-10-17(20-21)14-6-3-2-4-7-14/h2-12H,13H2,1H3. The van der Waals surface area contributed by atoms with E-state index in [4.69, 9.17) is 4.74 Å². The predicted molar refractivity (Wildman–Crippen MR) is 91.3 cm³/mol. The van der Waals surface area contributed by atoms with E-state index in [0.29, 0.717) is 17.0 Å². The number of aromatic nitrogens is 2. The van der Waals surface area contributed by atoms with Gasteiger partial charge in [0, 0.05) is 17.2 Å². The molecule has 0 spiro atoms. The largest absolute Gasteiger partial charge is 0.497 e. The van der Waals surface area contributed by atoms with Gasteiger partial charge in [0.1, 0.15) is 12.3 Å². The van der Waals surface area contributed by atoms with Crippen molar-refractivity contribution in [2.24, 2.45) is 0 Å². The van der Waals surface area contributed by atoms with E-state index in [0.717, 1.165) is 5.56 Å². The summed E-state index contributed by atoms with van der Waals surface area (Å²) in [5.41, 5.74) is 1.70. The van der Waals surface area contributed by atoms with E-state index < -0.39 is 0 Å². The van der Waals surface area contributed by atoms with Gasteiger partial charge in [-0.1, -0.05) is 42.5 Å². The monoisotopic (exact) mass is 320 g/mol. The van der Waals surface area contributed by atoms with Crippen LogP contribution in [0.15, 0.2) is 71.5 Å². The third kappa shape index (κ3) is 3.41. The quantitative estimate of drug-likeness (QED) is 0.678. The molecule has 0 aliphatic carbocycles. The lowest BCUT2D eigenvalue weighted by atomic mass is 10.1. The van der Waals surface area contributed by atoms with Gasteiger partial charge in [0.25, 0.3) is 5.56 Å². The second kappa shape index (κ2) is 6.91. The second-order valence-electron chi connectivity index (χ2n) is 5.24. The molecule has 0 N–H and O–H groups in total. The Morgan fingerprint density at radius 1 is 1.04 bits per heavy atom. The highest BCUT2D eigenvalue weighted by atomic mass is 16.5. The zero-order chi connectivity index (χ0) is 16.9. The molecule has 0 aliphatic rings. The molecule has 1 heterocycles. The van der Waals surface area contributed by atoms with Gasteiger partial charge in [0.15, 0.2) is 5.78 Å². The number of methoxy groups -OCH3 is 1. The maximum Gasteiger partial charge on any atom is 0.267 e. The molecule has 0 saturated heterocycles. The molecule has 2 aromatic carbocycles. The smallest absolute Gasteiger partial charge is 0.267 e. The molecule has 0 bridgehead atoms. The lowest BCUT2D eigenvalue weighted by molar-refractivity contribution is 0.0965. The van der Waals surface area contributed by atoms with Crippen LogP contribution < -0.4 is 10.3 Å². The fourth-order valence-corrected chi connectivity index (χ4v) is 2.35. The Labute approximate surface area is 139 Å². The van der Waals surface area contributed by atoms with Crippen LogP contribution in [0.1, 0.15) is 10.4 Å². The predicted octanol–water partition coefficient (Wildman–Crippen LogP) is 2.80. The van der Waals surface area contributed by atoms with E-state index in [2.05, 4.69) is 5.10 Å². The number of ketones is 1. The van der Waals surface area contributed by atoms with Crippen molar-refractivity contribution < 1.29 is 9.53 Å². The van der Waals surface area contributed by atoms with Crippen LogP contribution in [0.3, 0.4) is 0 Å². The fraction of sp³-hybridized carbons (Fsp3) is 0.105. The maximum atomic E-state index is 12.4. The van der Waals surface area contributed by atoms with Crippen molar-refractivity contribution in [2.75, 3.05) is 7.11 Å². The summed E-state index contributed by atoms with van der Waals surface area (Å²) < 4.78 is 6.30. The Hall–Kier alpha value is -3.21. The van der Waals surface area contributed by atoms with Crippen molar-refractivity contribution in [3.63, 3.8) is 0 Å². The Morgan fingerprint density at radius 3 is 2.58 bits per heavy atom. The first-order valence-corrected chi connectivity index (χ1v) is 7.48. The summed E-state index contributed by atoms with van der Waals surface area (Å²) in [6.45, 7) is -0.118. The number of nitrogens with zero attached hydrogens (tertiary/aromatic N) is 2. The highest BCUT2D eigenvalue weighted by Gasteiger charge is 2.11. The number of benzene rings is 2. The molecule has 3 aromatic rings. The molecule has 3 rings (SSSR count). The minimum atomic E-state index is -0.314. The van der Waals surface area contributed by atoms with Crippen LogP contribution in [0.5, 0.6) is 5.75 Å². The molecule has 5 heteroatoms. The Balaban J connectivity index is 1.89. The summed E-state index contributed by atoms with van der Waals surface area (Å²) in [6.07, 6.45) is 0. The van der Waals surface area contributed by atoms with Crippen LogP contribution in [-0.2, 0) is 6.54 Å². The van der Waals surface area contributed by atoms with Gasteiger partial charge in [-0.25, -0.2) is 4.68 Å². The van der Waals surface area contributed by atoms with Gasteiger partial charge < -0.3 is 4.74 Å². The van der Waals surface area contributed by atoms with Gasteiger partial charge in [-0.3, -0.25) is 9.59 Å². The van der Waals surface area contributed by atoms with Crippen LogP contribution in [0, 0.1) is 0 Å². The molecular formula is C19H16N2O3. The number of ether oxygens (including phenoxy) is 1. The molecule has 5 nitrogen and oxygen atoms in total. The number of Topliss-reactive ketones (excluding diaryl/α,β-unsaturated/α-hetero) is 1. The highest BCUT2D eigenvalue weighted by Crippen LogP contribution is 2.15. The molecule has 0 aliphatic heterocycles. The Morgan fingerprint density at radius 2 is 1.83 bits per heavy atom. The summed E-state index contributed by atoms with van der Waals surface area (Å²) in [4.78, 5) is 24.4. The average Bonchev–Trinajstić information content (AvgIpc) is 2.64. The zero-order valence-electron chi connectivity index (χ0n) is 13.2. The van der Waals surface area contributed by atoms with Crippen molar-refractivity contribution in [3.05, 3.63) is 82.6 Å². The molecule has 1 aromatic heterocycles. The summed E-state index contributed by atoms with van der Waals surface area (Å²) in [6, 6.07) is 19.4. The van der Waals surface area contributed by atoms with E-state index in [1.165, 1.54) is 10.7 Å². The van der Waals surface area contributed by atoms with Crippen molar-refractivity contribution in [1.82, 2.24) is 9.78 Å². The van der Waals surface area contributed by atoms with Crippen LogP contribution >= 0.6 is 0 Å². The summed E-state index contributed by atoms with van der Waals surface area (Å²) >= 11 is 0. The van der Waals surface area contributed by atoms with Gasteiger partial charge in [-0.15, -0.1) is 0 Å². The molecule has 0 unspecified atom stereocenters. The summed E-state index contributed by atoms with van der Waals surface area (Å²) in [5, 5.41) is 4.30. The number of rotatable bonds is 5. The molecule has 0 amide bonds. The van der Waals surface area contributed by atoms with E-state index in [1.54, 1.807) is 37.4 Å². The second-order valence-corrected chi connectivity index (χ2v) is 5.24. The minimum absolute atomic E-state index is 0.118. The highest BCUT2D eigenvalue weighted by molar-refractivity contribution is 5.96. The maximum absolute atomic E-state index is 12.4. The third-order valence-electron chi connectivity index (χ3n) is 3.62. The fourth-order valence-electron chi connectivity index (χ4n) is 2.35. The molecule has 24 heavy (non-hydrogen) atoms. The molecule has 0 radical (unpaired) electrons. The van der Waals surface area contributed by atoms with Gasteiger partial charge in [-0.2, -0.15) is 5.10 Å². The average molecular weight is 320 g/mol. The van der Waals surface area contributed by atoms with Crippen molar-refractivity contribution in [3.8, 4) is 17.0 Å². The Bertz CT molecular complexity index is 917. The normalized spacial score (nSPS) is 10.4. The number of carbonyl (C=O) groups excluding carboxylic acids is 1. The zero-order valence-corrected chi connectivity index (χ0v) is 13.2. The third-order valence-corrected chi connectivity index (χ3v) is 3.62. The summed E-state index contributed by atoms with van der Waals surface area (Å²) in [7, 11) is 1.54. The van der Waals surface area contributed by atoms with E-state index in [9.17, 15) is 9.59 Å². The van der Waals surface area contributed by atoms with Crippen molar-refractivity contribution >= 4 is 5.78 Å². The van der Waals surface area contributed by atoms with Gasteiger partial charge >= 0.3 is 0 Å². The first-order valence-electron chi connectivity index (χ1n) is 7.48. The molecule has 0 saturated carbocycles. The number of hydrogen-bond donors (Lipinski definition) is 0. The number of carbonyl (C=O) groups is 1. The number of hydrogen-bond acceptors (Lipinski definition) is 4. The van der Waals surface area contributed by atoms with Crippen LogP contribution in [0.2, 0.25) is 0 Å². The molecule has 0 atom stereocenters. The van der Waals surface area contributed by atoms with E-state index in [-0.39, 0.29) is 17.9 Å². The van der Waals surface area contributed by atoms with E-state index in [1.807, 2.05) is 30.3 Å². The lowest BCUT2D eigenvalue weighted by Crippen LogP contribution is -2.26. The lowest BCUT2D eigenvalue weighted by Gasteiger charge is -2.07. The molecular weight excluding hydrogens is 304 g/mol. The van der Waals surface area contributed by atoms with E-state index >= 15 is 0 Å². The topological polar surface area (TPSA) is 61.2 Å². The van der Waals surface area contributed by atoms with Crippen LogP contribution in [0.4, 0.5) is 0 Å².